The van der Waals surface area contributed by atoms with Crippen molar-refractivity contribution in [2.24, 2.45) is 7.05 Å². The van der Waals surface area contributed by atoms with Crippen LogP contribution in [0.2, 0.25) is 0 Å². The first-order chi connectivity index (χ1) is 28.3. The Hall–Kier alpha value is -5.06. The van der Waals surface area contributed by atoms with Crippen molar-refractivity contribution in [1.82, 2.24) is 14.9 Å². The summed E-state index contributed by atoms with van der Waals surface area (Å²) in [7, 11) is 3.88. The summed E-state index contributed by atoms with van der Waals surface area (Å²) < 4.78 is 35.5. The summed E-state index contributed by atoms with van der Waals surface area (Å²) in [5.74, 6) is 3.80. The Bertz CT molecular complexity index is 2220. The molecular formula is C43H50BrN7O7. The minimum atomic E-state index is 0.352. The molecule has 6 aliphatic heterocycles. The molecule has 4 N–H and O–H groups in total. The van der Waals surface area contributed by atoms with E-state index in [-0.39, 0.29) is 0 Å². The van der Waals surface area contributed by atoms with Gasteiger partial charge in [0.05, 0.1) is 78.9 Å². The minimum absolute atomic E-state index is 0.352. The van der Waals surface area contributed by atoms with Crippen LogP contribution in [0.5, 0.6) is 0 Å². The number of anilines is 4. The van der Waals surface area contributed by atoms with Crippen LogP contribution in [0, 0.1) is 0 Å². The average molecular weight is 857 g/mol. The molecule has 6 fully saturated rings. The second kappa shape index (κ2) is 18.2. The Kier molecular flexibility index (Phi) is 12.5. The summed E-state index contributed by atoms with van der Waals surface area (Å²) in [5.41, 5.74) is 9.45. The van der Waals surface area contributed by atoms with Crippen LogP contribution in [0.15, 0.2) is 109 Å². The van der Waals surface area contributed by atoms with Gasteiger partial charge in [-0.2, -0.15) is 0 Å². The molecule has 0 radical (unpaired) electrons. The molecule has 306 valence electrons. The van der Waals surface area contributed by atoms with Crippen molar-refractivity contribution < 1.29 is 32.3 Å². The van der Waals surface area contributed by atoms with Gasteiger partial charge in [-0.1, -0.05) is 24.3 Å². The number of aromatic nitrogens is 2. The number of halogens is 1. The Morgan fingerprint density at radius 2 is 1.50 bits per heavy atom. The topological polar surface area (TPSA) is 159 Å². The molecule has 10 heterocycles. The largest absolute Gasteiger partial charge is 0.458 e. The highest BCUT2D eigenvalue weighted by molar-refractivity contribution is 9.10. The molecule has 0 amide bonds. The van der Waals surface area contributed by atoms with Crippen molar-refractivity contribution in [2.75, 3.05) is 67.4 Å². The van der Waals surface area contributed by atoms with E-state index < -0.39 is 0 Å². The second-order valence-corrected chi connectivity index (χ2v) is 15.7. The van der Waals surface area contributed by atoms with E-state index in [0.29, 0.717) is 42.2 Å². The zero-order chi connectivity index (χ0) is 40.0. The van der Waals surface area contributed by atoms with Crippen molar-refractivity contribution in [3.05, 3.63) is 102 Å². The van der Waals surface area contributed by atoms with Crippen LogP contribution >= 0.6 is 15.9 Å². The van der Waals surface area contributed by atoms with Gasteiger partial charge in [-0.25, -0.2) is 4.98 Å². The quantitative estimate of drug-likeness (QED) is 0.121. The number of nitrogens with zero attached hydrogens (tertiary/aromatic N) is 4. The van der Waals surface area contributed by atoms with Gasteiger partial charge in [-0.05, 0) is 83.7 Å². The number of benzene rings is 2. The van der Waals surface area contributed by atoms with Crippen LogP contribution in [0.25, 0.3) is 22.6 Å². The molecule has 6 atom stereocenters. The van der Waals surface area contributed by atoms with E-state index in [1.54, 1.807) is 12.3 Å². The number of aldehydes is 1. The van der Waals surface area contributed by atoms with Gasteiger partial charge in [0.15, 0.2) is 40.1 Å². The first-order valence-corrected chi connectivity index (χ1v) is 20.5. The molecule has 6 aromatic rings. The fourth-order valence-corrected chi connectivity index (χ4v) is 8.40. The lowest BCUT2D eigenvalue weighted by Gasteiger charge is -2.26. The van der Waals surface area contributed by atoms with Crippen LogP contribution < -0.4 is 26.2 Å². The number of nitrogens with two attached hydrogens (primary N) is 1. The number of aryl methyl sites for hydroxylation is 1. The summed E-state index contributed by atoms with van der Waals surface area (Å²) in [4.78, 5) is 19.7. The Morgan fingerprint density at radius 1 is 0.810 bits per heavy atom. The number of imidazole rings is 1. The molecule has 14 nitrogen and oxygen atoms in total. The summed E-state index contributed by atoms with van der Waals surface area (Å²) in [6.45, 7) is 5.45. The number of carbonyl (C=O) groups is 1. The van der Waals surface area contributed by atoms with Crippen LogP contribution in [0.3, 0.4) is 0 Å². The molecule has 15 heteroatoms. The number of morpholine rings is 3. The Labute approximate surface area is 345 Å². The summed E-state index contributed by atoms with van der Waals surface area (Å²) in [6, 6.07) is 28.7. The normalized spacial score (nSPS) is 24.3. The third kappa shape index (κ3) is 9.13. The minimum Gasteiger partial charge on any atom is -0.458 e. The standard InChI is InChI=1S/C17H17N3O2.C10H11NO3.C7H10N2.C5H9NO.C4H3BrO/c1-19-14-5-3-2-4-13(14)18-17(19)15-6-7-16(22-15)20-9-12-8-11(20)10-21-12;12-5-8-1-2-10(14-8)11-4-9-3-7(11)6-13-9;1-9-7-5-3-2-4-6(7)8;1-4-3-7-5(1)2-6-4;5-4-2-1-3-6-4/h2-7,11-12H,8-10H2,1H3;1-2,5,7,9H,3-4,6H2;2-5,9H,8H2,1H3;4-6H,1-3H2;1-3H. The zero-order valence-corrected chi connectivity index (χ0v) is 34.3. The Morgan fingerprint density at radius 3 is 1.97 bits per heavy atom. The molecule has 2 aromatic carbocycles. The summed E-state index contributed by atoms with van der Waals surface area (Å²) >= 11 is 3.11. The van der Waals surface area contributed by atoms with Crippen molar-refractivity contribution >= 4 is 56.4 Å². The predicted molar refractivity (Wildman–Crippen MR) is 226 cm³/mol. The van der Waals surface area contributed by atoms with Gasteiger partial charge >= 0.3 is 0 Å². The van der Waals surface area contributed by atoms with Gasteiger partial charge < -0.3 is 58.2 Å². The molecule has 12 rings (SSSR count). The lowest BCUT2D eigenvalue weighted by Crippen LogP contribution is -2.36. The van der Waals surface area contributed by atoms with Gasteiger partial charge in [0, 0.05) is 51.9 Å². The number of ether oxygens (including phenoxy) is 3. The van der Waals surface area contributed by atoms with E-state index in [4.69, 9.17) is 38.2 Å². The predicted octanol–water partition coefficient (Wildman–Crippen LogP) is 6.98. The number of rotatable bonds is 5. The molecule has 6 aliphatic rings. The monoisotopic (exact) mass is 855 g/mol. The molecule has 4 aromatic heterocycles. The second-order valence-electron chi connectivity index (χ2n) is 15.0. The zero-order valence-electron chi connectivity index (χ0n) is 32.7. The molecule has 6 unspecified atom stereocenters. The third-order valence-electron chi connectivity index (χ3n) is 11.1. The molecule has 6 bridgehead atoms. The number of hydrogen-bond acceptors (Lipinski definition) is 13. The summed E-state index contributed by atoms with van der Waals surface area (Å²) in [6.07, 6.45) is 7.07. The van der Waals surface area contributed by atoms with E-state index >= 15 is 0 Å². The van der Waals surface area contributed by atoms with Crippen LogP contribution in [-0.2, 0) is 21.3 Å². The maximum Gasteiger partial charge on any atom is 0.196 e. The van der Waals surface area contributed by atoms with E-state index in [9.17, 15) is 4.79 Å². The van der Waals surface area contributed by atoms with Gasteiger partial charge in [-0.15, -0.1) is 0 Å². The van der Waals surface area contributed by atoms with Crippen molar-refractivity contribution in [2.45, 2.75) is 55.7 Å². The highest BCUT2D eigenvalue weighted by Gasteiger charge is 2.41. The van der Waals surface area contributed by atoms with Gasteiger partial charge in [-0.3, -0.25) is 4.79 Å². The van der Waals surface area contributed by atoms with E-state index in [0.717, 1.165) is 109 Å². The van der Waals surface area contributed by atoms with Gasteiger partial charge in [0.1, 0.15) is 0 Å². The third-order valence-corrected chi connectivity index (χ3v) is 11.6. The lowest BCUT2D eigenvalue weighted by molar-refractivity contribution is 0.0892. The fraction of sp³-hybridized carbons (Fsp3) is 0.395. The number of fused-ring (bicyclic) bond motifs is 7. The maximum absolute atomic E-state index is 10.5. The van der Waals surface area contributed by atoms with Gasteiger partial charge in [0.2, 0.25) is 0 Å². The highest BCUT2D eigenvalue weighted by atomic mass is 79.9. The fourth-order valence-electron chi connectivity index (χ4n) is 8.14. The summed E-state index contributed by atoms with van der Waals surface area (Å²) in [5, 5.41) is 6.30. The van der Waals surface area contributed by atoms with Crippen LogP contribution in [-0.4, -0.2) is 98.8 Å². The highest BCUT2D eigenvalue weighted by Crippen LogP contribution is 2.36. The molecule has 0 saturated carbocycles. The van der Waals surface area contributed by atoms with E-state index in [1.165, 1.54) is 6.42 Å². The van der Waals surface area contributed by atoms with E-state index in [1.807, 2.05) is 80.8 Å². The maximum atomic E-state index is 10.5. The number of nitrogens with one attached hydrogen (secondary N) is 2. The number of furan rings is 3. The smallest absolute Gasteiger partial charge is 0.196 e. The number of nitrogen functional groups attached to an aromatic ring is 1. The Balaban J connectivity index is 0.000000111. The molecule has 0 spiro atoms. The number of carbonyl (C=O) groups excluding carboxylic acids is 1. The van der Waals surface area contributed by atoms with Crippen LogP contribution in [0.1, 0.15) is 29.8 Å². The lowest BCUT2D eigenvalue weighted by atomic mass is 10.2. The molecular weight excluding hydrogens is 806 g/mol. The van der Waals surface area contributed by atoms with Gasteiger partial charge in [0.25, 0.3) is 0 Å². The number of hydrogen-bond donors (Lipinski definition) is 3. The van der Waals surface area contributed by atoms with Crippen molar-refractivity contribution in [3.8, 4) is 11.6 Å². The van der Waals surface area contributed by atoms with E-state index in [2.05, 4.69) is 53.1 Å². The van der Waals surface area contributed by atoms with Crippen molar-refractivity contribution in [1.29, 1.82) is 0 Å². The molecule has 58 heavy (non-hydrogen) atoms. The average Bonchev–Trinajstić information content (AvgIpc) is 4.09. The number of para-hydroxylation sites is 4. The first-order valence-electron chi connectivity index (χ1n) is 19.7. The SMILES string of the molecule is Brc1ccco1.C1OC2CNC1C2.CNc1ccccc1N.Cn1c(-c2ccc(N3CC4CC3CO4)o2)nc2ccccc21.O=Cc1ccc(N2CC3CC2CO3)o1. The molecule has 6 saturated heterocycles. The van der Waals surface area contributed by atoms with Crippen molar-refractivity contribution in [3.63, 3.8) is 0 Å². The molecule has 0 aliphatic carbocycles. The van der Waals surface area contributed by atoms with Crippen LogP contribution in [0.4, 0.5) is 23.1 Å². The first kappa shape index (κ1) is 39.8.